The molecule has 0 bridgehead atoms. The highest BCUT2D eigenvalue weighted by Crippen LogP contribution is 2.37. The van der Waals surface area contributed by atoms with Crippen LogP contribution in [0.1, 0.15) is 10.4 Å². The van der Waals surface area contributed by atoms with Gasteiger partial charge in [-0.1, -0.05) is 54.6 Å². The van der Waals surface area contributed by atoms with Crippen molar-refractivity contribution < 1.29 is 23.5 Å². The van der Waals surface area contributed by atoms with E-state index in [2.05, 4.69) is 10.2 Å². The summed E-state index contributed by atoms with van der Waals surface area (Å²) in [6.45, 7) is 0. The fraction of sp³-hybridized carbons (Fsp3) is 0.0800. The lowest BCUT2D eigenvalue weighted by Gasteiger charge is -2.25. The topological polar surface area (TPSA) is 80.8 Å². The van der Waals surface area contributed by atoms with E-state index in [9.17, 15) is 14.0 Å². The van der Waals surface area contributed by atoms with Crippen molar-refractivity contribution in [2.45, 2.75) is 0 Å². The number of nitrogens with zero attached hydrogens (tertiary/aromatic N) is 2. The van der Waals surface area contributed by atoms with Crippen LogP contribution in [0, 0.1) is 5.82 Å². The van der Waals surface area contributed by atoms with E-state index < -0.39 is 17.8 Å². The number of fused-ring (bicyclic) bond motifs is 1. The van der Waals surface area contributed by atoms with Crippen LogP contribution in [0.5, 0.6) is 5.75 Å². The van der Waals surface area contributed by atoms with Crippen molar-refractivity contribution in [2.24, 2.45) is 0 Å². The Morgan fingerprint density at radius 1 is 0.939 bits per heavy atom. The average Bonchev–Trinajstić information content (AvgIpc) is 2.86. The van der Waals surface area contributed by atoms with Crippen molar-refractivity contribution in [1.29, 1.82) is 0 Å². The van der Waals surface area contributed by atoms with Gasteiger partial charge < -0.3 is 9.47 Å². The summed E-state index contributed by atoms with van der Waals surface area (Å²) in [5, 5.41) is 1.43. The monoisotopic (exact) mass is 445 g/mol. The second-order valence-corrected chi connectivity index (χ2v) is 6.98. The van der Waals surface area contributed by atoms with Crippen LogP contribution in [-0.2, 0) is 4.74 Å². The predicted molar refractivity (Wildman–Crippen MR) is 122 cm³/mol. The SMILES string of the molecule is COC(=O)NN(C(=O)c1c(OC)c(-c2ccccc2)nc2ccccc12)c1cccc(F)c1. The van der Waals surface area contributed by atoms with E-state index in [1.165, 1.54) is 32.4 Å². The molecular weight excluding hydrogens is 425 g/mol. The maximum atomic E-state index is 14.0. The number of amides is 2. The summed E-state index contributed by atoms with van der Waals surface area (Å²) >= 11 is 0. The van der Waals surface area contributed by atoms with Crippen molar-refractivity contribution in [3.63, 3.8) is 0 Å². The van der Waals surface area contributed by atoms with E-state index in [0.717, 1.165) is 16.6 Å². The molecule has 8 heteroatoms. The van der Waals surface area contributed by atoms with Crippen LogP contribution >= 0.6 is 0 Å². The Labute approximate surface area is 189 Å². The molecular formula is C25H20FN3O4. The molecule has 4 rings (SSSR count). The zero-order valence-electron chi connectivity index (χ0n) is 17.9. The summed E-state index contributed by atoms with van der Waals surface area (Å²) in [7, 11) is 2.61. The number of aromatic nitrogens is 1. The largest absolute Gasteiger partial charge is 0.494 e. The third kappa shape index (κ3) is 4.31. The van der Waals surface area contributed by atoms with Crippen LogP contribution in [0.25, 0.3) is 22.2 Å². The smallest absolute Gasteiger partial charge is 0.426 e. The second-order valence-electron chi connectivity index (χ2n) is 6.98. The van der Waals surface area contributed by atoms with E-state index in [1.54, 1.807) is 18.2 Å². The molecule has 166 valence electrons. The number of hydrazine groups is 1. The molecule has 0 aliphatic carbocycles. The number of para-hydroxylation sites is 1. The lowest BCUT2D eigenvalue weighted by Crippen LogP contribution is -2.46. The van der Waals surface area contributed by atoms with Gasteiger partial charge in [-0.25, -0.2) is 24.6 Å². The van der Waals surface area contributed by atoms with Crippen molar-refractivity contribution in [3.8, 4) is 17.0 Å². The molecule has 0 radical (unpaired) electrons. The molecule has 4 aromatic rings. The zero-order valence-corrected chi connectivity index (χ0v) is 17.9. The van der Waals surface area contributed by atoms with Crippen LogP contribution < -0.4 is 15.2 Å². The molecule has 0 aliphatic heterocycles. The van der Waals surface area contributed by atoms with Crippen LogP contribution in [0.4, 0.5) is 14.9 Å². The molecule has 0 fully saturated rings. The summed E-state index contributed by atoms with van der Waals surface area (Å²) in [5.74, 6) is -1.01. The number of carbonyl (C=O) groups excluding carboxylic acids is 2. The number of hydrogen-bond acceptors (Lipinski definition) is 5. The van der Waals surface area contributed by atoms with Crippen LogP contribution in [0.15, 0.2) is 78.9 Å². The third-order valence-electron chi connectivity index (χ3n) is 4.97. The van der Waals surface area contributed by atoms with Crippen molar-refractivity contribution in [2.75, 3.05) is 19.2 Å². The normalized spacial score (nSPS) is 10.5. The van der Waals surface area contributed by atoms with Crippen molar-refractivity contribution in [1.82, 2.24) is 10.4 Å². The quantitative estimate of drug-likeness (QED) is 0.449. The molecule has 7 nitrogen and oxygen atoms in total. The Bertz CT molecular complexity index is 1330. The average molecular weight is 445 g/mol. The highest BCUT2D eigenvalue weighted by atomic mass is 19.1. The first-order valence-corrected chi connectivity index (χ1v) is 10.00. The van der Waals surface area contributed by atoms with E-state index in [-0.39, 0.29) is 17.0 Å². The van der Waals surface area contributed by atoms with E-state index in [0.29, 0.717) is 16.6 Å². The number of halogens is 1. The molecule has 1 N–H and O–H groups in total. The van der Waals surface area contributed by atoms with E-state index >= 15 is 0 Å². The molecule has 3 aromatic carbocycles. The molecule has 0 saturated carbocycles. The number of ether oxygens (including phenoxy) is 2. The molecule has 1 aromatic heterocycles. The number of hydrogen-bond donors (Lipinski definition) is 1. The van der Waals surface area contributed by atoms with Crippen molar-refractivity contribution in [3.05, 3.63) is 90.2 Å². The Morgan fingerprint density at radius 2 is 1.67 bits per heavy atom. The molecule has 2 amide bonds. The summed E-state index contributed by atoms with van der Waals surface area (Å²) in [5.41, 5.74) is 4.38. The lowest BCUT2D eigenvalue weighted by atomic mass is 10.0. The van der Waals surface area contributed by atoms with Gasteiger partial charge in [0.1, 0.15) is 11.5 Å². The van der Waals surface area contributed by atoms with Crippen molar-refractivity contribution >= 4 is 28.6 Å². The van der Waals surface area contributed by atoms with Gasteiger partial charge >= 0.3 is 6.09 Å². The Morgan fingerprint density at radius 3 is 2.36 bits per heavy atom. The Kier molecular flexibility index (Phi) is 6.17. The molecule has 0 spiro atoms. The molecule has 1 heterocycles. The van der Waals surface area contributed by atoms with Gasteiger partial charge in [-0.3, -0.25) is 4.79 Å². The molecule has 0 aliphatic rings. The molecule has 0 saturated heterocycles. The number of carbonyl (C=O) groups is 2. The molecule has 33 heavy (non-hydrogen) atoms. The predicted octanol–water partition coefficient (Wildman–Crippen LogP) is 4.97. The summed E-state index contributed by atoms with van der Waals surface area (Å²) in [6.07, 6.45) is -0.895. The van der Waals surface area contributed by atoms with Crippen LogP contribution in [0.2, 0.25) is 0 Å². The second kappa shape index (κ2) is 9.35. The summed E-state index contributed by atoms with van der Waals surface area (Å²) in [4.78, 5) is 30.7. The van der Waals surface area contributed by atoms with Crippen LogP contribution in [-0.4, -0.2) is 31.2 Å². The number of methoxy groups -OCH3 is 2. The highest BCUT2D eigenvalue weighted by Gasteiger charge is 2.29. The fourth-order valence-corrected chi connectivity index (χ4v) is 3.49. The number of pyridine rings is 1. The minimum Gasteiger partial charge on any atom is -0.494 e. The first-order chi connectivity index (χ1) is 16.0. The third-order valence-corrected chi connectivity index (χ3v) is 4.97. The first kappa shape index (κ1) is 21.8. The van der Waals surface area contributed by atoms with Gasteiger partial charge in [-0.2, -0.15) is 0 Å². The van der Waals surface area contributed by atoms with Gasteiger partial charge in [0.2, 0.25) is 0 Å². The van der Waals surface area contributed by atoms with Crippen LogP contribution in [0.3, 0.4) is 0 Å². The Balaban J connectivity index is 1.98. The number of nitrogens with one attached hydrogen (secondary N) is 1. The summed E-state index contributed by atoms with van der Waals surface area (Å²) in [6, 6.07) is 21.6. The standard InChI is InChI=1S/C25H20FN3O4/c1-32-23-21(24(30)29(28-25(31)33-2)18-12-8-11-17(26)15-18)19-13-6-7-14-20(19)27-22(23)16-9-4-3-5-10-16/h3-15H,1-2H3,(H,28,31). The van der Waals surface area contributed by atoms with Gasteiger partial charge in [-0.15, -0.1) is 0 Å². The summed E-state index contributed by atoms with van der Waals surface area (Å²) < 4.78 is 24.3. The maximum absolute atomic E-state index is 14.0. The molecule has 0 unspecified atom stereocenters. The van der Waals surface area contributed by atoms with Gasteiger partial charge in [0, 0.05) is 10.9 Å². The molecule has 0 atom stereocenters. The zero-order chi connectivity index (χ0) is 23.4. The number of rotatable bonds is 4. The first-order valence-electron chi connectivity index (χ1n) is 10.00. The Hall–Kier alpha value is -4.46. The van der Waals surface area contributed by atoms with E-state index in [1.807, 2.05) is 36.4 Å². The van der Waals surface area contributed by atoms with Gasteiger partial charge in [0.05, 0.1) is 31.0 Å². The fourth-order valence-electron chi connectivity index (χ4n) is 3.49. The maximum Gasteiger partial charge on any atom is 0.426 e. The minimum absolute atomic E-state index is 0.106. The highest BCUT2D eigenvalue weighted by molar-refractivity contribution is 6.17. The number of anilines is 1. The minimum atomic E-state index is -0.895. The van der Waals surface area contributed by atoms with Gasteiger partial charge in [0.25, 0.3) is 5.91 Å². The van der Waals surface area contributed by atoms with E-state index in [4.69, 9.17) is 9.72 Å². The number of benzene rings is 3. The van der Waals surface area contributed by atoms with Gasteiger partial charge in [-0.05, 0) is 24.3 Å². The van der Waals surface area contributed by atoms with Gasteiger partial charge in [0.15, 0.2) is 5.75 Å². The lowest BCUT2D eigenvalue weighted by molar-refractivity contribution is 0.0963.